The lowest BCUT2D eigenvalue weighted by Crippen LogP contribution is -2.64. The summed E-state index contributed by atoms with van der Waals surface area (Å²) in [5, 5.41) is 7.12. The van der Waals surface area contributed by atoms with Crippen LogP contribution < -0.4 is 4.72 Å². The number of carbonyl (C=O) groups is 1. The van der Waals surface area contributed by atoms with Crippen LogP contribution in [0.25, 0.3) is 0 Å². The molecule has 2 saturated heterocycles. The molecule has 8 nitrogen and oxygen atoms in total. The third kappa shape index (κ3) is 7.48. The van der Waals surface area contributed by atoms with Gasteiger partial charge < -0.3 is 9.84 Å². The number of nitrogens with zero attached hydrogens (tertiary/aromatic N) is 2. The summed E-state index contributed by atoms with van der Waals surface area (Å²) in [6.07, 6.45) is -1.85. The first kappa shape index (κ1) is 24.0. The Labute approximate surface area is 171 Å². The molecule has 2 aliphatic heterocycles. The van der Waals surface area contributed by atoms with Gasteiger partial charge in [-0.2, -0.15) is 13.2 Å². The van der Waals surface area contributed by atoms with E-state index in [9.17, 15) is 21.6 Å². The number of likely N-dealkylation sites (tertiary alicyclic amines) is 1. The zero-order valence-corrected chi connectivity index (χ0v) is 17.7. The molecule has 2 aliphatic rings. The zero-order valence-electron chi connectivity index (χ0n) is 16.0. The van der Waals surface area contributed by atoms with Crippen molar-refractivity contribution in [1.82, 2.24) is 14.6 Å². The van der Waals surface area contributed by atoms with Crippen molar-refractivity contribution in [2.24, 2.45) is 5.92 Å². The zero-order chi connectivity index (χ0) is 21.9. The molecule has 1 spiro atoms. The Kier molecular flexibility index (Phi) is 7.65. The number of aryl methyl sites for hydroxylation is 1. The molecule has 0 aromatic carbocycles. The van der Waals surface area contributed by atoms with Crippen LogP contribution in [0.4, 0.5) is 13.2 Å². The van der Waals surface area contributed by atoms with Gasteiger partial charge in [0.25, 0.3) is 0 Å². The number of aromatic nitrogens is 1. The van der Waals surface area contributed by atoms with Gasteiger partial charge in [0.05, 0.1) is 29.7 Å². The van der Waals surface area contributed by atoms with E-state index in [0.29, 0.717) is 13.2 Å². The maximum absolute atomic E-state index is 11.1. The van der Waals surface area contributed by atoms with Gasteiger partial charge in [-0.15, -0.1) is 11.3 Å². The molecule has 1 aromatic heterocycles. The quantitative estimate of drug-likeness (QED) is 0.689. The molecule has 0 radical (unpaired) electrons. The van der Waals surface area contributed by atoms with Crippen molar-refractivity contribution in [3.63, 3.8) is 0 Å². The van der Waals surface area contributed by atoms with Crippen LogP contribution in [0.2, 0.25) is 0 Å². The molecule has 0 amide bonds. The van der Waals surface area contributed by atoms with Crippen molar-refractivity contribution in [2.75, 3.05) is 32.5 Å². The molecule has 1 aromatic rings. The molecule has 2 fully saturated rings. The maximum Gasteiger partial charge on any atom is 0.490 e. The molecular weight excluding hydrogens is 435 g/mol. The molecule has 3 rings (SSSR count). The lowest BCUT2D eigenvalue weighted by Gasteiger charge is -2.52. The average molecular weight is 460 g/mol. The molecule has 0 bridgehead atoms. The van der Waals surface area contributed by atoms with Crippen molar-refractivity contribution in [1.29, 1.82) is 0 Å². The minimum absolute atomic E-state index is 0.000181. The highest BCUT2D eigenvalue weighted by atomic mass is 32.2. The van der Waals surface area contributed by atoms with E-state index < -0.39 is 22.2 Å². The first-order chi connectivity index (χ1) is 13.3. The Morgan fingerprint density at radius 2 is 2.10 bits per heavy atom. The van der Waals surface area contributed by atoms with Gasteiger partial charge >= 0.3 is 12.1 Å². The normalized spacial score (nSPS) is 21.9. The smallest absolute Gasteiger partial charge is 0.475 e. The first-order valence-electron chi connectivity index (χ1n) is 8.80. The van der Waals surface area contributed by atoms with Gasteiger partial charge in [0.2, 0.25) is 10.0 Å². The van der Waals surface area contributed by atoms with Gasteiger partial charge in [-0.1, -0.05) is 0 Å². The lowest BCUT2D eigenvalue weighted by molar-refractivity contribution is -0.192. The Morgan fingerprint density at radius 3 is 2.52 bits per heavy atom. The number of aliphatic carboxylic acids is 1. The Balaban J connectivity index is 0.000000370. The molecule has 0 saturated carbocycles. The number of ether oxygens (including phenoxy) is 1. The summed E-state index contributed by atoms with van der Waals surface area (Å²) < 4.78 is 62.6. The van der Waals surface area contributed by atoms with E-state index in [-0.39, 0.29) is 11.5 Å². The van der Waals surface area contributed by atoms with E-state index in [4.69, 9.17) is 14.6 Å². The third-order valence-corrected chi connectivity index (χ3v) is 6.36. The van der Waals surface area contributed by atoms with Crippen LogP contribution in [0.1, 0.15) is 23.4 Å². The van der Waals surface area contributed by atoms with E-state index in [2.05, 4.69) is 21.5 Å². The topological polar surface area (TPSA) is 109 Å². The second-order valence-electron chi connectivity index (χ2n) is 7.33. The number of thiazole rings is 1. The molecule has 29 heavy (non-hydrogen) atoms. The second-order valence-corrected chi connectivity index (χ2v) is 10.1. The Hall–Kier alpha value is -1.28. The molecule has 1 atom stereocenters. The van der Waals surface area contributed by atoms with Crippen molar-refractivity contribution in [3.8, 4) is 0 Å². The summed E-state index contributed by atoms with van der Waals surface area (Å²) in [4.78, 5) is 16.9. The largest absolute Gasteiger partial charge is 0.490 e. The van der Waals surface area contributed by atoms with Crippen LogP contribution >= 0.6 is 11.3 Å². The fourth-order valence-corrected chi connectivity index (χ4v) is 4.52. The molecule has 1 unspecified atom stereocenters. The minimum atomic E-state index is -5.08. The highest BCUT2D eigenvalue weighted by Gasteiger charge is 2.46. The SMILES string of the molecule is Cc1ncsc1CN1CC2(CCC(CNS(C)(=O)=O)CO2)C1.O=C(O)C(F)(F)F. The second kappa shape index (κ2) is 9.25. The molecule has 2 N–H and O–H groups in total. The van der Waals surface area contributed by atoms with Crippen molar-refractivity contribution in [2.45, 2.75) is 38.1 Å². The Bertz CT molecular complexity index is 797. The summed E-state index contributed by atoms with van der Waals surface area (Å²) >= 11 is 1.71. The maximum atomic E-state index is 11.1. The highest BCUT2D eigenvalue weighted by Crippen LogP contribution is 2.37. The number of nitrogens with one attached hydrogen (secondary N) is 1. The lowest BCUT2D eigenvalue weighted by atomic mass is 9.83. The highest BCUT2D eigenvalue weighted by molar-refractivity contribution is 7.88. The van der Waals surface area contributed by atoms with Crippen LogP contribution in [0.15, 0.2) is 5.51 Å². The van der Waals surface area contributed by atoms with Gasteiger partial charge in [0, 0.05) is 31.1 Å². The van der Waals surface area contributed by atoms with Crippen molar-refractivity contribution in [3.05, 3.63) is 16.1 Å². The number of halogens is 3. The monoisotopic (exact) mass is 459 g/mol. The van der Waals surface area contributed by atoms with Crippen LogP contribution in [0, 0.1) is 12.8 Å². The van der Waals surface area contributed by atoms with Gasteiger partial charge in [-0.25, -0.2) is 22.9 Å². The Morgan fingerprint density at radius 1 is 1.48 bits per heavy atom. The molecule has 0 aliphatic carbocycles. The third-order valence-electron chi connectivity index (χ3n) is 4.75. The summed E-state index contributed by atoms with van der Waals surface area (Å²) in [6, 6.07) is 0. The first-order valence-corrected chi connectivity index (χ1v) is 11.6. The van der Waals surface area contributed by atoms with Gasteiger partial charge in [0.15, 0.2) is 0 Å². The minimum Gasteiger partial charge on any atom is -0.475 e. The molecular formula is C16H24F3N3O5S2. The summed E-state index contributed by atoms with van der Waals surface area (Å²) in [7, 11) is -3.10. The fourth-order valence-electron chi connectivity index (χ4n) is 3.16. The van der Waals surface area contributed by atoms with E-state index in [1.807, 2.05) is 5.51 Å². The van der Waals surface area contributed by atoms with Gasteiger partial charge in [-0.05, 0) is 25.7 Å². The van der Waals surface area contributed by atoms with E-state index in [0.717, 1.165) is 38.2 Å². The molecule has 3 heterocycles. The molecule has 166 valence electrons. The summed E-state index contributed by atoms with van der Waals surface area (Å²) in [5.41, 5.74) is 3.03. The van der Waals surface area contributed by atoms with Crippen LogP contribution in [-0.4, -0.2) is 73.7 Å². The van der Waals surface area contributed by atoms with Gasteiger partial charge in [-0.3, -0.25) is 4.90 Å². The van der Waals surface area contributed by atoms with E-state index >= 15 is 0 Å². The number of carboxylic acid groups (broad SMARTS) is 1. The number of rotatable bonds is 5. The van der Waals surface area contributed by atoms with E-state index in [1.54, 1.807) is 11.3 Å². The van der Waals surface area contributed by atoms with Crippen molar-refractivity contribution < 1.29 is 36.2 Å². The van der Waals surface area contributed by atoms with Crippen molar-refractivity contribution >= 4 is 27.3 Å². The van der Waals surface area contributed by atoms with Crippen LogP contribution in [-0.2, 0) is 26.1 Å². The average Bonchev–Trinajstić information content (AvgIpc) is 2.97. The predicted octanol–water partition coefficient (Wildman–Crippen LogP) is 1.62. The fraction of sp³-hybridized carbons (Fsp3) is 0.750. The number of carboxylic acids is 1. The predicted molar refractivity (Wildman–Crippen MR) is 100 cm³/mol. The number of alkyl halides is 3. The van der Waals surface area contributed by atoms with Gasteiger partial charge in [0.1, 0.15) is 0 Å². The van der Waals surface area contributed by atoms with E-state index in [1.165, 1.54) is 11.1 Å². The number of sulfonamides is 1. The standard InChI is InChI=1S/C14H23N3O3S2.C2HF3O2/c1-11-13(21-10-15-11)6-17-8-14(9-17)4-3-12(7-20-14)5-16-22(2,18)19;3-2(4,5)1(6)7/h10,12,16H,3-9H2,1-2H3;(H,6,7). The summed E-state index contributed by atoms with van der Waals surface area (Å²) in [6.45, 7) is 6.08. The summed E-state index contributed by atoms with van der Waals surface area (Å²) in [5.74, 6) is -2.47. The number of hydrogen-bond donors (Lipinski definition) is 2. The van der Waals surface area contributed by atoms with Crippen LogP contribution in [0.5, 0.6) is 0 Å². The number of hydrogen-bond acceptors (Lipinski definition) is 7. The molecule has 13 heteroatoms. The van der Waals surface area contributed by atoms with Crippen LogP contribution in [0.3, 0.4) is 0 Å².